The fourth-order valence-electron chi connectivity index (χ4n) is 2.81. The molecule has 0 amide bonds. The highest BCUT2D eigenvalue weighted by Crippen LogP contribution is 2.40. The van der Waals surface area contributed by atoms with Crippen LogP contribution in [-0.4, -0.2) is 11.2 Å². The van der Waals surface area contributed by atoms with Gasteiger partial charge in [0.05, 0.1) is 17.6 Å². The molecule has 1 N–H and O–H groups in total. The van der Waals surface area contributed by atoms with Gasteiger partial charge in [-0.1, -0.05) is 38.1 Å². The lowest BCUT2D eigenvalue weighted by molar-refractivity contribution is 0.0169. The predicted molar refractivity (Wildman–Crippen MR) is 67.4 cm³/mol. The number of hydrogen-bond donors (Lipinski definition) is 1. The van der Waals surface area contributed by atoms with Gasteiger partial charge in [0.15, 0.2) is 0 Å². The molecular formula is C15H19NO. The summed E-state index contributed by atoms with van der Waals surface area (Å²) in [6, 6.07) is 10.6. The lowest BCUT2D eigenvalue weighted by atomic mass is 9.67. The Hall–Kier alpha value is -1.33. The lowest BCUT2D eigenvalue weighted by Gasteiger charge is -2.38. The van der Waals surface area contributed by atoms with E-state index in [0.29, 0.717) is 6.42 Å². The highest BCUT2D eigenvalue weighted by molar-refractivity contribution is 5.33. The van der Waals surface area contributed by atoms with E-state index in [9.17, 15) is 10.4 Å². The largest absolute Gasteiger partial charge is 0.391 e. The van der Waals surface area contributed by atoms with E-state index in [1.807, 2.05) is 26.0 Å². The number of aryl methyl sites for hydroxylation is 1. The van der Waals surface area contributed by atoms with Gasteiger partial charge in [-0.25, -0.2) is 0 Å². The fourth-order valence-corrected chi connectivity index (χ4v) is 2.81. The molecule has 2 nitrogen and oxygen atoms in total. The van der Waals surface area contributed by atoms with Crippen LogP contribution >= 0.6 is 0 Å². The van der Waals surface area contributed by atoms with Crippen LogP contribution in [0.4, 0.5) is 0 Å². The number of fused-ring (bicyclic) bond motifs is 1. The number of benzene rings is 1. The van der Waals surface area contributed by atoms with Crippen molar-refractivity contribution in [1.82, 2.24) is 0 Å². The van der Waals surface area contributed by atoms with Crippen LogP contribution in [0.1, 0.15) is 31.4 Å². The van der Waals surface area contributed by atoms with E-state index in [4.69, 9.17) is 0 Å². The van der Waals surface area contributed by atoms with E-state index in [2.05, 4.69) is 18.2 Å². The Morgan fingerprint density at radius 1 is 1.29 bits per heavy atom. The normalized spacial score (nSPS) is 25.1. The maximum atomic E-state index is 10.3. The molecule has 0 fully saturated rings. The molecule has 2 unspecified atom stereocenters. The Morgan fingerprint density at radius 2 is 1.94 bits per heavy atom. The van der Waals surface area contributed by atoms with Crippen LogP contribution in [0.2, 0.25) is 0 Å². The average Bonchev–Trinajstić information content (AvgIpc) is 2.37. The van der Waals surface area contributed by atoms with Crippen LogP contribution in [0.25, 0.3) is 0 Å². The summed E-state index contributed by atoms with van der Waals surface area (Å²) < 4.78 is 0. The Labute approximate surface area is 103 Å². The smallest absolute Gasteiger partial charge is 0.0878 e. The summed E-state index contributed by atoms with van der Waals surface area (Å²) in [6.45, 7) is 3.95. The van der Waals surface area contributed by atoms with Gasteiger partial charge < -0.3 is 5.11 Å². The van der Waals surface area contributed by atoms with Crippen LogP contribution in [0.5, 0.6) is 0 Å². The Kier molecular flexibility index (Phi) is 3.22. The van der Waals surface area contributed by atoms with Gasteiger partial charge in [0.25, 0.3) is 0 Å². The Balaban J connectivity index is 2.33. The van der Waals surface area contributed by atoms with Crippen LogP contribution in [0.3, 0.4) is 0 Å². The van der Waals surface area contributed by atoms with Crippen molar-refractivity contribution in [3.63, 3.8) is 0 Å². The van der Waals surface area contributed by atoms with Gasteiger partial charge in [0.1, 0.15) is 0 Å². The zero-order valence-electron chi connectivity index (χ0n) is 10.5. The fraction of sp³-hybridized carbons (Fsp3) is 0.533. The van der Waals surface area contributed by atoms with E-state index in [1.165, 1.54) is 11.1 Å². The first-order valence-electron chi connectivity index (χ1n) is 6.25. The molecule has 0 saturated heterocycles. The summed E-state index contributed by atoms with van der Waals surface area (Å²) in [5.74, 6) is 0.125. The van der Waals surface area contributed by atoms with Crippen molar-refractivity contribution < 1.29 is 5.11 Å². The average molecular weight is 229 g/mol. The highest BCUT2D eigenvalue weighted by Gasteiger charge is 2.42. The van der Waals surface area contributed by atoms with Crippen molar-refractivity contribution in [3.05, 3.63) is 35.4 Å². The number of hydrogen-bond acceptors (Lipinski definition) is 2. The second kappa shape index (κ2) is 4.50. The summed E-state index contributed by atoms with van der Waals surface area (Å²) in [7, 11) is 0. The number of aliphatic hydroxyl groups is 1. The summed E-state index contributed by atoms with van der Waals surface area (Å²) in [5, 5.41) is 19.8. The molecule has 2 rings (SSSR count). The van der Waals surface area contributed by atoms with E-state index >= 15 is 0 Å². The van der Waals surface area contributed by atoms with Crippen LogP contribution in [0, 0.1) is 22.7 Å². The molecule has 0 aromatic heterocycles. The van der Waals surface area contributed by atoms with Crippen molar-refractivity contribution in [3.8, 4) is 6.07 Å². The third-order valence-electron chi connectivity index (χ3n) is 3.89. The highest BCUT2D eigenvalue weighted by atomic mass is 16.3. The van der Waals surface area contributed by atoms with Crippen molar-refractivity contribution >= 4 is 0 Å². The minimum Gasteiger partial charge on any atom is -0.391 e. The summed E-state index contributed by atoms with van der Waals surface area (Å²) in [6.07, 6.45) is 1.80. The molecule has 17 heavy (non-hydrogen) atoms. The second-order valence-electron chi connectivity index (χ2n) is 5.40. The molecular weight excluding hydrogens is 210 g/mol. The zero-order chi connectivity index (χ0) is 12.5. The number of aliphatic hydroxyl groups excluding tert-OH is 1. The molecule has 0 saturated carbocycles. The number of nitriles is 1. The molecule has 2 heteroatoms. The zero-order valence-corrected chi connectivity index (χ0v) is 10.5. The first-order valence-corrected chi connectivity index (χ1v) is 6.25. The molecule has 0 bridgehead atoms. The molecule has 1 aromatic rings. The maximum absolute atomic E-state index is 10.3. The minimum atomic E-state index is -0.595. The molecule has 0 radical (unpaired) electrons. The van der Waals surface area contributed by atoms with Gasteiger partial charge in [-0.15, -0.1) is 0 Å². The SMILES string of the molecule is CC(C)C(O)C1(C#N)CCc2ccccc2C1. The summed E-state index contributed by atoms with van der Waals surface area (Å²) >= 11 is 0. The van der Waals surface area contributed by atoms with Crippen molar-refractivity contribution in [1.29, 1.82) is 5.26 Å². The Bertz CT molecular complexity index is 446. The molecule has 0 heterocycles. The first kappa shape index (κ1) is 12.1. The van der Waals surface area contributed by atoms with Crippen LogP contribution in [-0.2, 0) is 12.8 Å². The van der Waals surface area contributed by atoms with Crippen LogP contribution < -0.4 is 0 Å². The van der Waals surface area contributed by atoms with Gasteiger partial charge in [0.2, 0.25) is 0 Å². The molecule has 1 aromatic carbocycles. The molecule has 1 aliphatic carbocycles. The van der Waals surface area contributed by atoms with Gasteiger partial charge in [-0.3, -0.25) is 0 Å². The standard InChI is InChI=1S/C15H19NO/c1-11(2)14(17)15(10-16)8-7-12-5-3-4-6-13(12)9-15/h3-6,11,14,17H,7-9H2,1-2H3. The van der Waals surface area contributed by atoms with Crippen molar-refractivity contribution in [2.75, 3.05) is 0 Å². The maximum Gasteiger partial charge on any atom is 0.0878 e. The van der Waals surface area contributed by atoms with Gasteiger partial charge in [0, 0.05) is 0 Å². The molecule has 0 aliphatic heterocycles. The van der Waals surface area contributed by atoms with E-state index in [1.54, 1.807) is 0 Å². The third kappa shape index (κ3) is 2.08. The van der Waals surface area contributed by atoms with Crippen molar-refractivity contribution in [2.45, 2.75) is 39.2 Å². The van der Waals surface area contributed by atoms with Gasteiger partial charge >= 0.3 is 0 Å². The summed E-state index contributed by atoms with van der Waals surface area (Å²) in [4.78, 5) is 0. The monoisotopic (exact) mass is 229 g/mol. The van der Waals surface area contributed by atoms with Crippen LogP contribution in [0.15, 0.2) is 24.3 Å². The van der Waals surface area contributed by atoms with E-state index in [-0.39, 0.29) is 5.92 Å². The third-order valence-corrected chi connectivity index (χ3v) is 3.89. The number of rotatable bonds is 2. The number of nitrogens with zero attached hydrogens (tertiary/aromatic N) is 1. The molecule has 2 atom stereocenters. The molecule has 90 valence electrons. The minimum absolute atomic E-state index is 0.125. The van der Waals surface area contributed by atoms with Gasteiger partial charge in [-0.05, 0) is 36.3 Å². The quantitative estimate of drug-likeness (QED) is 0.847. The topological polar surface area (TPSA) is 44.0 Å². The van der Waals surface area contributed by atoms with E-state index < -0.39 is 11.5 Å². The Morgan fingerprint density at radius 3 is 2.53 bits per heavy atom. The first-order chi connectivity index (χ1) is 8.09. The summed E-state index contributed by atoms with van der Waals surface area (Å²) in [5.41, 5.74) is 1.96. The van der Waals surface area contributed by atoms with Gasteiger partial charge in [-0.2, -0.15) is 5.26 Å². The second-order valence-corrected chi connectivity index (χ2v) is 5.40. The molecule has 1 aliphatic rings. The van der Waals surface area contributed by atoms with E-state index in [0.717, 1.165) is 12.8 Å². The van der Waals surface area contributed by atoms with Crippen molar-refractivity contribution in [2.24, 2.45) is 11.3 Å². The lowest BCUT2D eigenvalue weighted by Crippen LogP contribution is -2.42. The molecule has 0 spiro atoms. The predicted octanol–water partition coefficient (Wildman–Crippen LogP) is 2.70.